The van der Waals surface area contributed by atoms with Crippen LogP contribution in [-0.2, 0) is 4.43 Å². The zero-order valence-corrected chi connectivity index (χ0v) is 14.1. The zero-order valence-electron chi connectivity index (χ0n) is 13.1. The summed E-state index contributed by atoms with van der Waals surface area (Å²) < 4.78 is 97.0. The molecule has 0 aliphatic rings. The Bertz CT molecular complexity index is 379. The molecule has 0 saturated carbocycles. The molecule has 0 amide bonds. The van der Waals surface area contributed by atoms with Crippen molar-refractivity contribution in [1.29, 1.82) is 0 Å². The fraction of sp³-hybridized carbons (Fsp3) is 0.846. The largest absolute Gasteiger partial charge is 0.547 e. The number of allylic oxidation sites excluding steroid dienone is 2. The van der Waals surface area contributed by atoms with Gasteiger partial charge in [0.1, 0.15) is 0 Å². The SMILES string of the molecule is CC/C=C(\O[Si](C)(C)C)C(CC)C(F)(C(F)(F)F)C(F)(F)F. The topological polar surface area (TPSA) is 9.23 Å². The lowest BCUT2D eigenvalue weighted by Gasteiger charge is -2.38. The minimum Gasteiger partial charge on any atom is -0.547 e. The van der Waals surface area contributed by atoms with Gasteiger partial charge in [-0.25, -0.2) is 4.39 Å². The highest BCUT2D eigenvalue weighted by atomic mass is 28.4. The average molecular weight is 354 g/mol. The van der Waals surface area contributed by atoms with Crippen molar-refractivity contribution in [3.8, 4) is 0 Å². The van der Waals surface area contributed by atoms with Gasteiger partial charge in [0.15, 0.2) is 0 Å². The summed E-state index contributed by atoms with van der Waals surface area (Å²) in [6.07, 6.45) is -11.6. The van der Waals surface area contributed by atoms with E-state index in [1.807, 2.05) is 0 Å². The number of rotatable bonds is 6. The van der Waals surface area contributed by atoms with E-state index in [0.29, 0.717) is 0 Å². The van der Waals surface area contributed by atoms with E-state index in [0.717, 1.165) is 13.0 Å². The molecule has 0 aromatic carbocycles. The predicted octanol–water partition coefficient (Wildman–Crippen LogP) is 5.99. The van der Waals surface area contributed by atoms with Crippen LogP contribution < -0.4 is 0 Å². The zero-order chi connectivity index (χ0) is 18.0. The molecule has 0 aromatic heterocycles. The number of halogens is 7. The van der Waals surface area contributed by atoms with Gasteiger partial charge < -0.3 is 4.43 Å². The van der Waals surface area contributed by atoms with Crippen LogP contribution in [0.3, 0.4) is 0 Å². The van der Waals surface area contributed by atoms with E-state index < -0.39 is 44.4 Å². The van der Waals surface area contributed by atoms with Crippen molar-refractivity contribution in [3.63, 3.8) is 0 Å². The molecule has 22 heavy (non-hydrogen) atoms. The number of alkyl halides is 7. The molecule has 0 N–H and O–H groups in total. The molecule has 132 valence electrons. The van der Waals surface area contributed by atoms with Gasteiger partial charge in [-0.3, -0.25) is 0 Å². The molecule has 0 saturated heterocycles. The molecule has 0 aliphatic heterocycles. The molecule has 0 bridgehead atoms. The van der Waals surface area contributed by atoms with Gasteiger partial charge in [-0.15, -0.1) is 0 Å². The van der Waals surface area contributed by atoms with Crippen molar-refractivity contribution in [3.05, 3.63) is 11.8 Å². The normalized spacial score (nSPS) is 16.6. The fourth-order valence-corrected chi connectivity index (χ4v) is 2.98. The quantitative estimate of drug-likeness (QED) is 0.323. The van der Waals surface area contributed by atoms with Gasteiger partial charge in [0, 0.05) is 0 Å². The summed E-state index contributed by atoms with van der Waals surface area (Å²) in [7, 11) is -2.50. The lowest BCUT2D eigenvalue weighted by molar-refractivity contribution is -0.356. The summed E-state index contributed by atoms with van der Waals surface area (Å²) in [6, 6.07) is 0. The Labute approximate surface area is 126 Å². The van der Waals surface area contributed by atoms with Gasteiger partial charge in [0.2, 0.25) is 8.32 Å². The third-order valence-electron chi connectivity index (χ3n) is 2.89. The molecule has 0 radical (unpaired) electrons. The van der Waals surface area contributed by atoms with Gasteiger partial charge in [-0.2, -0.15) is 26.3 Å². The first-order valence-corrected chi connectivity index (χ1v) is 10.2. The highest BCUT2D eigenvalue weighted by Crippen LogP contribution is 2.54. The van der Waals surface area contributed by atoms with Crippen LogP contribution in [0.5, 0.6) is 0 Å². The van der Waals surface area contributed by atoms with E-state index >= 15 is 0 Å². The standard InChI is InChI=1S/C13H21F7OSi/c1-6-8-10(21-22(3,4)5)9(7-2)11(14,12(15,16)17)13(18,19)20/h8-9H,6-7H2,1-5H3/b10-8-. The van der Waals surface area contributed by atoms with Crippen LogP contribution in [0.4, 0.5) is 30.7 Å². The highest BCUT2D eigenvalue weighted by Gasteiger charge is 2.76. The highest BCUT2D eigenvalue weighted by molar-refractivity contribution is 6.70. The minimum absolute atomic E-state index is 0.141. The summed E-state index contributed by atoms with van der Waals surface area (Å²) in [5, 5.41) is 0. The molecule has 0 aliphatic carbocycles. The molecule has 1 unspecified atom stereocenters. The first-order chi connectivity index (χ1) is 9.61. The first kappa shape index (κ1) is 21.3. The van der Waals surface area contributed by atoms with Gasteiger partial charge in [0.25, 0.3) is 0 Å². The van der Waals surface area contributed by atoms with Crippen LogP contribution in [-0.4, -0.2) is 26.3 Å². The first-order valence-electron chi connectivity index (χ1n) is 6.83. The Morgan fingerprint density at radius 1 is 0.955 bits per heavy atom. The van der Waals surface area contributed by atoms with Crippen molar-refractivity contribution < 1.29 is 35.2 Å². The minimum atomic E-state index is -6.08. The molecular weight excluding hydrogens is 333 g/mol. The Morgan fingerprint density at radius 3 is 1.59 bits per heavy atom. The van der Waals surface area contributed by atoms with E-state index in [9.17, 15) is 30.7 Å². The summed E-state index contributed by atoms with van der Waals surface area (Å²) in [6.45, 7) is 7.41. The van der Waals surface area contributed by atoms with Crippen LogP contribution in [0.25, 0.3) is 0 Å². The van der Waals surface area contributed by atoms with Crippen molar-refractivity contribution in [2.24, 2.45) is 5.92 Å². The fourth-order valence-electron chi connectivity index (χ4n) is 2.04. The molecule has 0 spiro atoms. The van der Waals surface area contributed by atoms with Crippen molar-refractivity contribution in [1.82, 2.24) is 0 Å². The Balaban J connectivity index is 6.10. The van der Waals surface area contributed by atoms with Crippen LogP contribution in [0, 0.1) is 5.92 Å². The number of hydrogen-bond acceptors (Lipinski definition) is 1. The Morgan fingerprint density at radius 2 is 1.36 bits per heavy atom. The van der Waals surface area contributed by atoms with Crippen LogP contribution in [0.1, 0.15) is 26.7 Å². The van der Waals surface area contributed by atoms with Crippen LogP contribution in [0.2, 0.25) is 19.6 Å². The molecule has 0 rings (SSSR count). The summed E-state index contributed by atoms with van der Waals surface area (Å²) in [5.74, 6) is -3.03. The maximum absolute atomic E-state index is 14.3. The molecule has 1 atom stereocenters. The van der Waals surface area contributed by atoms with Crippen LogP contribution in [0.15, 0.2) is 11.8 Å². The maximum Gasteiger partial charge on any atom is 0.432 e. The van der Waals surface area contributed by atoms with Gasteiger partial charge >= 0.3 is 18.0 Å². The van der Waals surface area contributed by atoms with Crippen molar-refractivity contribution in [2.75, 3.05) is 0 Å². The smallest absolute Gasteiger partial charge is 0.432 e. The van der Waals surface area contributed by atoms with E-state index in [1.54, 1.807) is 19.6 Å². The van der Waals surface area contributed by atoms with Crippen LogP contribution >= 0.6 is 0 Å². The summed E-state index contributed by atoms with van der Waals surface area (Å²) in [5.41, 5.74) is -5.34. The molecule has 9 heteroatoms. The second kappa shape index (κ2) is 6.80. The monoisotopic (exact) mass is 354 g/mol. The lowest BCUT2D eigenvalue weighted by atomic mass is 9.83. The Hall–Kier alpha value is -0.733. The lowest BCUT2D eigenvalue weighted by Crippen LogP contribution is -2.59. The molecule has 0 heterocycles. The Kier molecular flexibility index (Phi) is 6.57. The molecule has 0 aromatic rings. The summed E-state index contributed by atoms with van der Waals surface area (Å²) in [4.78, 5) is 0. The van der Waals surface area contributed by atoms with E-state index in [-0.39, 0.29) is 6.42 Å². The van der Waals surface area contributed by atoms with Crippen molar-refractivity contribution in [2.45, 2.75) is 64.4 Å². The van der Waals surface area contributed by atoms with Gasteiger partial charge in [-0.05, 0) is 38.6 Å². The van der Waals surface area contributed by atoms with E-state index in [2.05, 4.69) is 0 Å². The second-order valence-electron chi connectivity index (χ2n) is 5.90. The van der Waals surface area contributed by atoms with Gasteiger partial charge in [-0.1, -0.05) is 13.8 Å². The maximum atomic E-state index is 14.3. The average Bonchev–Trinajstić information content (AvgIpc) is 2.24. The molecular formula is C13H21F7OSi. The third kappa shape index (κ3) is 4.63. The number of hydrogen-bond donors (Lipinski definition) is 0. The van der Waals surface area contributed by atoms with Crippen molar-refractivity contribution >= 4 is 8.32 Å². The molecule has 0 fully saturated rings. The van der Waals surface area contributed by atoms with Gasteiger partial charge in [0.05, 0.1) is 11.7 Å². The van der Waals surface area contributed by atoms with E-state index in [4.69, 9.17) is 4.43 Å². The second-order valence-corrected chi connectivity index (χ2v) is 10.3. The van der Waals surface area contributed by atoms with E-state index in [1.165, 1.54) is 6.92 Å². The predicted molar refractivity (Wildman–Crippen MR) is 72.5 cm³/mol. The molecule has 1 nitrogen and oxygen atoms in total. The summed E-state index contributed by atoms with van der Waals surface area (Å²) >= 11 is 0. The third-order valence-corrected chi connectivity index (χ3v) is 3.73.